The summed E-state index contributed by atoms with van der Waals surface area (Å²) in [6.07, 6.45) is 5.20. The molecule has 3 rings (SSSR count). The summed E-state index contributed by atoms with van der Waals surface area (Å²) in [6, 6.07) is 7.79. The molecule has 2 amide bonds. The summed E-state index contributed by atoms with van der Waals surface area (Å²) < 4.78 is 2.04. The first-order valence-corrected chi connectivity index (χ1v) is 10.2. The van der Waals surface area contributed by atoms with E-state index in [0.717, 1.165) is 49.0 Å². The quantitative estimate of drug-likeness (QED) is 0.613. The number of nitrogens with zero attached hydrogens (tertiary/aromatic N) is 3. The molecule has 152 valence electrons. The second-order valence-corrected chi connectivity index (χ2v) is 7.39. The van der Waals surface area contributed by atoms with Gasteiger partial charge in [0.25, 0.3) is 0 Å². The summed E-state index contributed by atoms with van der Waals surface area (Å²) in [5.41, 5.74) is 1.87. The fourth-order valence-corrected chi connectivity index (χ4v) is 4.17. The first kappa shape index (κ1) is 20.3. The molecule has 7 heteroatoms. The average Bonchev–Trinajstić information content (AvgIpc) is 3.33. The fourth-order valence-electron chi connectivity index (χ4n) is 4.17. The number of rotatable bonds is 10. The lowest BCUT2D eigenvalue weighted by Gasteiger charge is -2.29. The zero-order chi connectivity index (χ0) is 19.9. The molecule has 1 aromatic carbocycles. The van der Waals surface area contributed by atoms with E-state index >= 15 is 0 Å². The van der Waals surface area contributed by atoms with Crippen LogP contribution in [0.15, 0.2) is 24.3 Å². The standard InChI is InChI=1S/C21H30N4O3/c1-2-3-7-16(14-22-15-27)21(28)25-11-6-10-19(25)20-23-17-8-4-5-9-18(17)24(20)12-13-26/h4-5,8-9,15-16,19,26H,2-3,6-7,10-14H2,1H3,(H,22,27)/t16-,19+/m1/s1. The van der Waals surface area contributed by atoms with E-state index in [-0.39, 0.29) is 24.5 Å². The molecule has 1 aromatic heterocycles. The van der Waals surface area contributed by atoms with Crippen molar-refractivity contribution < 1.29 is 14.7 Å². The van der Waals surface area contributed by atoms with Crippen LogP contribution in [-0.4, -0.2) is 51.6 Å². The van der Waals surface area contributed by atoms with Gasteiger partial charge in [-0.3, -0.25) is 9.59 Å². The van der Waals surface area contributed by atoms with E-state index < -0.39 is 0 Å². The van der Waals surface area contributed by atoms with Gasteiger partial charge in [-0.1, -0.05) is 31.9 Å². The largest absolute Gasteiger partial charge is 0.395 e. The van der Waals surface area contributed by atoms with Crippen molar-refractivity contribution in [1.29, 1.82) is 0 Å². The van der Waals surface area contributed by atoms with Gasteiger partial charge in [-0.05, 0) is 31.4 Å². The van der Waals surface area contributed by atoms with Crippen molar-refractivity contribution >= 4 is 23.4 Å². The van der Waals surface area contributed by atoms with E-state index in [4.69, 9.17) is 4.98 Å². The van der Waals surface area contributed by atoms with Crippen LogP contribution < -0.4 is 5.32 Å². The van der Waals surface area contributed by atoms with Crippen molar-refractivity contribution in [3.8, 4) is 0 Å². The third-order valence-electron chi connectivity index (χ3n) is 5.54. The monoisotopic (exact) mass is 386 g/mol. The van der Waals surface area contributed by atoms with Crippen molar-refractivity contribution in [3.05, 3.63) is 30.1 Å². The molecule has 28 heavy (non-hydrogen) atoms. The van der Waals surface area contributed by atoms with Crippen LogP contribution in [0.2, 0.25) is 0 Å². The number of imidazole rings is 1. The van der Waals surface area contributed by atoms with Gasteiger partial charge in [0, 0.05) is 19.6 Å². The first-order valence-electron chi connectivity index (χ1n) is 10.2. The highest BCUT2D eigenvalue weighted by molar-refractivity contribution is 5.81. The first-order chi connectivity index (χ1) is 13.7. The number of amides is 2. The lowest BCUT2D eigenvalue weighted by Crippen LogP contribution is -2.40. The molecule has 1 fully saturated rings. The van der Waals surface area contributed by atoms with E-state index in [1.807, 2.05) is 33.7 Å². The highest BCUT2D eigenvalue weighted by atomic mass is 16.3. The average molecular weight is 386 g/mol. The molecule has 0 unspecified atom stereocenters. The maximum Gasteiger partial charge on any atom is 0.228 e. The van der Waals surface area contributed by atoms with Crippen LogP contribution >= 0.6 is 0 Å². The Bertz CT molecular complexity index is 804. The van der Waals surface area contributed by atoms with Crippen LogP contribution in [0.5, 0.6) is 0 Å². The molecule has 2 heterocycles. The number of hydrogen-bond acceptors (Lipinski definition) is 4. The minimum atomic E-state index is -0.207. The Morgan fingerprint density at radius 1 is 1.43 bits per heavy atom. The number of nitrogens with one attached hydrogen (secondary N) is 1. The molecule has 0 saturated carbocycles. The van der Waals surface area contributed by atoms with Crippen molar-refractivity contribution in [3.63, 3.8) is 0 Å². The Morgan fingerprint density at radius 2 is 2.25 bits per heavy atom. The molecular formula is C21H30N4O3. The van der Waals surface area contributed by atoms with Gasteiger partial charge in [0.1, 0.15) is 5.82 Å². The summed E-state index contributed by atoms with van der Waals surface area (Å²) in [4.78, 5) is 30.8. The van der Waals surface area contributed by atoms with E-state index in [1.165, 1.54) is 0 Å². The number of hydrogen-bond donors (Lipinski definition) is 2. The fraction of sp³-hybridized carbons (Fsp3) is 0.571. The topological polar surface area (TPSA) is 87.5 Å². The molecular weight excluding hydrogens is 356 g/mol. The molecule has 7 nitrogen and oxygen atoms in total. The molecule has 1 aliphatic heterocycles. The number of likely N-dealkylation sites (tertiary alicyclic amines) is 1. The van der Waals surface area contributed by atoms with E-state index in [0.29, 0.717) is 26.0 Å². The zero-order valence-corrected chi connectivity index (χ0v) is 16.5. The Hall–Kier alpha value is -2.41. The van der Waals surface area contributed by atoms with E-state index in [2.05, 4.69) is 12.2 Å². The smallest absolute Gasteiger partial charge is 0.228 e. The number of carbonyl (C=O) groups excluding carboxylic acids is 2. The summed E-state index contributed by atoms with van der Waals surface area (Å²) in [7, 11) is 0. The zero-order valence-electron chi connectivity index (χ0n) is 16.5. The maximum atomic E-state index is 13.3. The number of aliphatic hydroxyl groups excluding tert-OH is 1. The third-order valence-corrected chi connectivity index (χ3v) is 5.54. The Balaban J connectivity index is 1.89. The number of carbonyl (C=O) groups is 2. The number of aromatic nitrogens is 2. The van der Waals surface area contributed by atoms with Gasteiger partial charge in [0.05, 0.1) is 29.6 Å². The minimum absolute atomic E-state index is 0.0242. The maximum absolute atomic E-state index is 13.3. The molecule has 2 N–H and O–H groups in total. The van der Waals surface area contributed by atoms with Crippen LogP contribution in [0.1, 0.15) is 50.9 Å². The van der Waals surface area contributed by atoms with Crippen LogP contribution in [0.4, 0.5) is 0 Å². The van der Waals surface area contributed by atoms with Crippen molar-refractivity contribution in [1.82, 2.24) is 19.8 Å². The molecule has 0 radical (unpaired) electrons. The molecule has 0 bridgehead atoms. The predicted octanol–water partition coefficient (Wildman–Crippen LogP) is 2.24. The highest BCUT2D eigenvalue weighted by Crippen LogP contribution is 2.35. The van der Waals surface area contributed by atoms with Crippen LogP contribution in [0.3, 0.4) is 0 Å². The van der Waals surface area contributed by atoms with Crippen molar-refractivity contribution in [2.24, 2.45) is 5.92 Å². The third kappa shape index (κ3) is 4.19. The highest BCUT2D eigenvalue weighted by Gasteiger charge is 2.36. The second-order valence-electron chi connectivity index (χ2n) is 7.39. The number of para-hydroxylation sites is 2. The van der Waals surface area contributed by atoms with E-state index in [1.54, 1.807) is 0 Å². The lowest BCUT2D eigenvalue weighted by atomic mass is 10.00. The predicted molar refractivity (Wildman–Crippen MR) is 108 cm³/mol. The number of unbranched alkanes of at least 4 members (excludes halogenated alkanes) is 1. The van der Waals surface area contributed by atoms with Crippen molar-refractivity contribution in [2.75, 3.05) is 19.7 Å². The summed E-state index contributed by atoms with van der Waals surface area (Å²) in [5.74, 6) is 0.730. The Labute approximate surface area is 165 Å². The van der Waals surface area contributed by atoms with E-state index in [9.17, 15) is 14.7 Å². The van der Waals surface area contributed by atoms with Gasteiger partial charge in [0.2, 0.25) is 12.3 Å². The van der Waals surface area contributed by atoms with Crippen LogP contribution in [0, 0.1) is 5.92 Å². The minimum Gasteiger partial charge on any atom is -0.395 e. The second kappa shape index (κ2) is 9.68. The van der Waals surface area contributed by atoms with Gasteiger partial charge in [-0.25, -0.2) is 4.98 Å². The summed E-state index contributed by atoms with van der Waals surface area (Å²) >= 11 is 0. The van der Waals surface area contributed by atoms with Gasteiger partial charge < -0.3 is 19.9 Å². The Kier molecular flexibility index (Phi) is 7.03. The lowest BCUT2D eigenvalue weighted by molar-refractivity contribution is -0.136. The molecule has 1 saturated heterocycles. The van der Waals surface area contributed by atoms with Gasteiger partial charge in [-0.2, -0.15) is 0 Å². The normalized spacial score (nSPS) is 17.8. The summed E-state index contributed by atoms with van der Waals surface area (Å²) in [6.45, 7) is 3.66. The number of aliphatic hydroxyl groups is 1. The molecule has 0 spiro atoms. The van der Waals surface area contributed by atoms with Crippen molar-refractivity contribution in [2.45, 2.75) is 51.6 Å². The molecule has 2 atom stereocenters. The van der Waals surface area contributed by atoms with Crippen LogP contribution in [-0.2, 0) is 16.1 Å². The SMILES string of the molecule is CCCC[C@H](CNC=O)C(=O)N1CCC[C@H]1c1nc2ccccc2n1CCO. The van der Waals surface area contributed by atoms with Gasteiger partial charge in [0.15, 0.2) is 0 Å². The van der Waals surface area contributed by atoms with Gasteiger partial charge in [-0.15, -0.1) is 0 Å². The van der Waals surface area contributed by atoms with Gasteiger partial charge >= 0.3 is 0 Å². The number of benzene rings is 1. The number of fused-ring (bicyclic) bond motifs is 1. The summed E-state index contributed by atoms with van der Waals surface area (Å²) in [5, 5.41) is 12.2. The van der Waals surface area contributed by atoms with Crippen LogP contribution in [0.25, 0.3) is 11.0 Å². The Morgan fingerprint density at radius 3 is 3.00 bits per heavy atom. The molecule has 2 aromatic rings. The molecule has 1 aliphatic rings. The molecule has 0 aliphatic carbocycles.